The van der Waals surface area contributed by atoms with Crippen LogP contribution in [0.3, 0.4) is 0 Å². The Labute approximate surface area is 127 Å². The summed E-state index contributed by atoms with van der Waals surface area (Å²) in [5, 5.41) is 11.9. The zero-order valence-corrected chi connectivity index (χ0v) is 12.1. The van der Waals surface area contributed by atoms with E-state index < -0.39 is 0 Å². The van der Waals surface area contributed by atoms with Gasteiger partial charge in [0.05, 0.1) is 23.2 Å². The number of carbonyl (C=O) groups excluding carboxylic acids is 2. The van der Waals surface area contributed by atoms with Crippen molar-refractivity contribution in [2.75, 3.05) is 4.90 Å². The number of rotatable bonds is 2. The van der Waals surface area contributed by atoms with Crippen molar-refractivity contribution >= 4 is 23.2 Å². The number of carbonyl (C=O) groups is 2. The van der Waals surface area contributed by atoms with Gasteiger partial charge < -0.3 is 5.21 Å². The van der Waals surface area contributed by atoms with Crippen LogP contribution in [0.2, 0.25) is 0 Å². The van der Waals surface area contributed by atoms with Crippen LogP contribution in [-0.4, -0.2) is 22.7 Å². The molecule has 0 spiro atoms. The van der Waals surface area contributed by atoms with Gasteiger partial charge in [-0.3, -0.25) is 14.5 Å². The van der Waals surface area contributed by atoms with E-state index in [2.05, 4.69) is 17.3 Å². The number of anilines is 1. The van der Waals surface area contributed by atoms with E-state index >= 15 is 0 Å². The molecule has 112 valence electrons. The van der Waals surface area contributed by atoms with Crippen LogP contribution in [0.4, 0.5) is 5.69 Å². The molecule has 5 nitrogen and oxygen atoms in total. The van der Waals surface area contributed by atoms with E-state index in [1.807, 2.05) is 0 Å². The highest BCUT2D eigenvalue weighted by Gasteiger charge is 2.59. The van der Waals surface area contributed by atoms with E-state index in [9.17, 15) is 9.59 Å². The number of imide groups is 1. The van der Waals surface area contributed by atoms with Crippen molar-refractivity contribution in [2.24, 2.45) is 28.8 Å². The van der Waals surface area contributed by atoms with Gasteiger partial charge in [0.1, 0.15) is 0 Å². The van der Waals surface area contributed by atoms with Crippen molar-refractivity contribution in [1.82, 2.24) is 0 Å². The van der Waals surface area contributed by atoms with Gasteiger partial charge in [0.2, 0.25) is 11.8 Å². The summed E-state index contributed by atoms with van der Waals surface area (Å²) in [6.45, 7) is 1.69. The van der Waals surface area contributed by atoms with Crippen LogP contribution in [0.5, 0.6) is 0 Å². The van der Waals surface area contributed by atoms with Crippen LogP contribution in [0.25, 0.3) is 0 Å². The van der Waals surface area contributed by atoms with Gasteiger partial charge in [0.25, 0.3) is 0 Å². The van der Waals surface area contributed by atoms with E-state index in [1.165, 1.54) is 4.90 Å². The van der Waals surface area contributed by atoms with Gasteiger partial charge >= 0.3 is 0 Å². The van der Waals surface area contributed by atoms with Gasteiger partial charge in [-0.2, -0.15) is 0 Å². The largest absolute Gasteiger partial charge is 0.411 e. The molecule has 1 aliphatic heterocycles. The highest BCUT2D eigenvalue weighted by atomic mass is 16.4. The lowest BCUT2D eigenvalue weighted by Gasteiger charge is -2.17. The maximum atomic E-state index is 12.7. The molecule has 2 bridgehead atoms. The fourth-order valence-corrected chi connectivity index (χ4v) is 4.07. The van der Waals surface area contributed by atoms with E-state index in [0.29, 0.717) is 11.4 Å². The molecule has 4 rings (SSSR count). The normalized spacial score (nSPS) is 33.0. The lowest BCUT2D eigenvalue weighted by molar-refractivity contribution is -0.123. The fourth-order valence-electron chi connectivity index (χ4n) is 4.07. The van der Waals surface area contributed by atoms with E-state index in [-0.39, 0.29) is 35.5 Å². The quantitative estimate of drug-likeness (QED) is 0.299. The Hall–Kier alpha value is -2.43. The first kappa shape index (κ1) is 13.2. The molecule has 1 aromatic carbocycles. The molecule has 2 aliphatic carbocycles. The van der Waals surface area contributed by atoms with E-state index in [1.54, 1.807) is 31.2 Å². The third-order valence-corrected chi connectivity index (χ3v) is 5.16. The van der Waals surface area contributed by atoms with Crippen LogP contribution in [-0.2, 0) is 9.59 Å². The minimum atomic E-state index is -0.178. The number of hydrogen-bond donors (Lipinski definition) is 1. The second-order valence-corrected chi connectivity index (χ2v) is 6.24. The molecule has 2 amide bonds. The fraction of sp³-hybridized carbons (Fsp3) is 0.353. The molecule has 1 saturated carbocycles. The average molecular weight is 296 g/mol. The lowest BCUT2D eigenvalue weighted by Crippen LogP contribution is -2.32. The summed E-state index contributed by atoms with van der Waals surface area (Å²) in [4.78, 5) is 26.7. The zero-order chi connectivity index (χ0) is 15.4. The monoisotopic (exact) mass is 296 g/mol. The van der Waals surface area contributed by atoms with Gasteiger partial charge in [0, 0.05) is 0 Å². The highest BCUT2D eigenvalue weighted by Crippen LogP contribution is 2.53. The van der Waals surface area contributed by atoms with Crippen molar-refractivity contribution in [3.05, 3.63) is 42.0 Å². The van der Waals surface area contributed by atoms with Gasteiger partial charge in [-0.15, -0.1) is 0 Å². The standard InChI is InChI=1S/C17H16N2O3/c1-9(18-22)10-4-6-13(7-5-10)19-16(20)14-11-2-3-12(8-11)15(14)17(19)21/h2-7,11-12,14-15,22H,8H2,1H3/b18-9+/t11-,12-,14+,15+/m0/s1. The molecule has 2 fully saturated rings. The summed E-state index contributed by atoms with van der Waals surface area (Å²) in [5.74, 6) is -0.0656. The molecule has 5 heteroatoms. The number of allylic oxidation sites excluding steroid dienone is 2. The van der Waals surface area contributed by atoms with Crippen molar-refractivity contribution in [2.45, 2.75) is 13.3 Å². The Balaban J connectivity index is 1.67. The van der Waals surface area contributed by atoms with Crippen LogP contribution >= 0.6 is 0 Å². The van der Waals surface area contributed by atoms with Crippen molar-refractivity contribution in [3.63, 3.8) is 0 Å². The molecule has 1 heterocycles. The minimum absolute atomic E-state index is 0.0767. The molecule has 0 aromatic heterocycles. The number of nitrogens with zero attached hydrogens (tertiary/aromatic N) is 2. The molecular formula is C17H16N2O3. The third-order valence-electron chi connectivity index (χ3n) is 5.16. The van der Waals surface area contributed by atoms with Crippen molar-refractivity contribution < 1.29 is 14.8 Å². The predicted molar refractivity (Wildman–Crippen MR) is 80.6 cm³/mol. The molecule has 4 atom stereocenters. The maximum absolute atomic E-state index is 12.7. The summed E-state index contributed by atoms with van der Waals surface area (Å²) in [6, 6.07) is 6.98. The molecule has 1 saturated heterocycles. The number of hydrogen-bond acceptors (Lipinski definition) is 4. The Morgan fingerprint density at radius 3 is 2.14 bits per heavy atom. The first-order chi connectivity index (χ1) is 10.6. The molecule has 1 N–H and O–H groups in total. The lowest BCUT2D eigenvalue weighted by atomic mass is 9.85. The summed E-state index contributed by atoms with van der Waals surface area (Å²) in [5.41, 5.74) is 1.84. The Bertz CT molecular complexity index is 690. The van der Waals surface area contributed by atoms with Gasteiger partial charge in [0.15, 0.2) is 0 Å². The van der Waals surface area contributed by atoms with Gasteiger partial charge in [-0.25, -0.2) is 0 Å². The summed E-state index contributed by atoms with van der Waals surface area (Å²) >= 11 is 0. The van der Waals surface area contributed by atoms with Crippen molar-refractivity contribution in [3.8, 4) is 0 Å². The smallest absolute Gasteiger partial charge is 0.238 e. The van der Waals surface area contributed by atoms with E-state index in [0.717, 1.165) is 12.0 Å². The molecule has 22 heavy (non-hydrogen) atoms. The molecular weight excluding hydrogens is 280 g/mol. The molecule has 1 aromatic rings. The first-order valence-electron chi connectivity index (χ1n) is 7.47. The molecule has 0 radical (unpaired) electrons. The van der Waals surface area contributed by atoms with Crippen molar-refractivity contribution in [1.29, 1.82) is 0 Å². The predicted octanol–water partition coefficient (Wildman–Crippen LogP) is 2.20. The molecule has 3 aliphatic rings. The van der Waals surface area contributed by atoms with Crippen LogP contribution < -0.4 is 4.90 Å². The van der Waals surface area contributed by atoms with Gasteiger partial charge in [-0.1, -0.05) is 29.4 Å². The SMILES string of the molecule is C/C(=N\O)c1ccc(N2C(=O)[C@H]3[C@H](C2=O)[C@H]2C=C[C@H]3C2)cc1. The van der Waals surface area contributed by atoms with Crippen LogP contribution in [0.1, 0.15) is 18.9 Å². The summed E-state index contributed by atoms with van der Waals surface area (Å²) < 4.78 is 0. The van der Waals surface area contributed by atoms with Crippen LogP contribution in [0, 0.1) is 23.7 Å². The second-order valence-electron chi connectivity index (χ2n) is 6.24. The zero-order valence-electron chi connectivity index (χ0n) is 12.1. The Morgan fingerprint density at radius 1 is 1.09 bits per heavy atom. The topological polar surface area (TPSA) is 70.0 Å². The highest BCUT2D eigenvalue weighted by molar-refractivity contribution is 6.22. The number of benzene rings is 1. The Kier molecular flexibility index (Phi) is 2.73. The number of amides is 2. The maximum Gasteiger partial charge on any atom is 0.238 e. The second kappa shape index (κ2) is 4.53. The Morgan fingerprint density at radius 2 is 1.64 bits per heavy atom. The molecule has 0 unspecified atom stereocenters. The number of oxime groups is 1. The first-order valence-corrected chi connectivity index (χ1v) is 7.47. The minimum Gasteiger partial charge on any atom is -0.411 e. The summed E-state index contributed by atoms with van der Waals surface area (Å²) in [6.07, 6.45) is 5.11. The number of fused-ring (bicyclic) bond motifs is 5. The van der Waals surface area contributed by atoms with Gasteiger partial charge in [-0.05, 0) is 42.9 Å². The third kappa shape index (κ3) is 1.62. The van der Waals surface area contributed by atoms with E-state index in [4.69, 9.17) is 5.21 Å². The average Bonchev–Trinajstić information content (AvgIpc) is 3.21. The van der Waals surface area contributed by atoms with Crippen LogP contribution in [0.15, 0.2) is 41.6 Å². The summed E-state index contributed by atoms with van der Waals surface area (Å²) in [7, 11) is 0.